The maximum atomic E-state index is 13.0. The molecule has 0 aliphatic carbocycles. The molecule has 0 spiro atoms. The number of hydrogen-bond acceptors (Lipinski definition) is 8. The highest BCUT2D eigenvalue weighted by atomic mass is 16.6. The van der Waals surface area contributed by atoms with E-state index in [1.54, 1.807) is 41.5 Å². The van der Waals surface area contributed by atoms with Gasteiger partial charge in [-0.05, 0) is 66.2 Å². The van der Waals surface area contributed by atoms with Crippen LogP contribution in [0.1, 0.15) is 67.4 Å². The molecule has 0 radical (unpaired) electrons. The fourth-order valence-corrected chi connectivity index (χ4v) is 3.62. The second-order valence-electron chi connectivity index (χ2n) is 11.1. The molecule has 1 aliphatic rings. The predicted octanol–water partition coefficient (Wildman–Crippen LogP) is 4.16. The fraction of sp³-hybridized carbons (Fsp3) is 0.630. The lowest BCUT2D eigenvalue weighted by Gasteiger charge is -2.36. The van der Waals surface area contributed by atoms with Crippen molar-refractivity contribution in [2.45, 2.75) is 79.1 Å². The minimum Gasteiger partial charge on any atom is -0.442 e. The zero-order chi connectivity index (χ0) is 28.7. The smallest absolute Gasteiger partial charge is 0.429 e. The summed E-state index contributed by atoms with van der Waals surface area (Å²) in [5.74, 6) is -0.103. The van der Waals surface area contributed by atoms with Gasteiger partial charge in [0.15, 0.2) is 0 Å². The quantitative estimate of drug-likeness (QED) is 0.499. The van der Waals surface area contributed by atoms with E-state index in [0.717, 1.165) is 22.0 Å². The van der Waals surface area contributed by atoms with Gasteiger partial charge < -0.3 is 24.5 Å². The van der Waals surface area contributed by atoms with Crippen LogP contribution < -0.4 is 10.2 Å². The third-order valence-corrected chi connectivity index (χ3v) is 5.46. The van der Waals surface area contributed by atoms with Crippen LogP contribution in [0.2, 0.25) is 0 Å². The van der Waals surface area contributed by atoms with Gasteiger partial charge in [0.2, 0.25) is 5.91 Å². The van der Waals surface area contributed by atoms with Gasteiger partial charge in [-0.15, -0.1) is 0 Å². The molecule has 0 saturated heterocycles. The molecule has 212 valence electrons. The topological polar surface area (TPSA) is 113 Å². The number of nitrogens with one attached hydrogen (secondary N) is 1. The summed E-state index contributed by atoms with van der Waals surface area (Å²) in [6.07, 6.45) is -0.849. The van der Waals surface area contributed by atoms with Crippen molar-refractivity contribution in [2.24, 2.45) is 5.16 Å². The van der Waals surface area contributed by atoms with E-state index in [1.807, 2.05) is 31.2 Å². The lowest BCUT2D eigenvalue weighted by Crippen LogP contribution is -2.52. The SMILES string of the molecule is CCN(CCN(C(=O)OC(C)(C)C)N(C)C(=O)OC(C)(C)C)c1ccc(C2=NOC(CNC(C)=O)C2)cc1. The third kappa shape index (κ3) is 9.75. The van der Waals surface area contributed by atoms with E-state index in [4.69, 9.17) is 14.3 Å². The number of benzene rings is 1. The Morgan fingerprint density at radius 2 is 1.58 bits per heavy atom. The van der Waals surface area contributed by atoms with E-state index < -0.39 is 23.4 Å². The number of hydrogen-bond donors (Lipinski definition) is 1. The Morgan fingerprint density at radius 3 is 2.11 bits per heavy atom. The van der Waals surface area contributed by atoms with Gasteiger partial charge in [-0.25, -0.2) is 19.6 Å². The summed E-state index contributed by atoms with van der Waals surface area (Å²) in [7, 11) is 1.49. The number of ether oxygens (including phenoxy) is 2. The predicted molar refractivity (Wildman–Crippen MR) is 146 cm³/mol. The van der Waals surface area contributed by atoms with Crippen LogP contribution in [0.3, 0.4) is 0 Å². The van der Waals surface area contributed by atoms with Crippen LogP contribution in [0, 0.1) is 0 Å². The molecular formula is C27H43N5O6. The summed E-state index contributed by atoms with van der Waals surface area (Å²) < 4.78 is 11.0. The average Bonchev–Trinajstić information content (AvgIpc) is 3.27. The molecule has 1 aromatic rings. The molecule has 0 fully saturated rings. The number of amides is 3. The Balaban J connectivity index is 2.09. The highest BCUT2D eigenvalue weighted by Crippen LogP contribution is 2.21. The molecule has 1 aliphatic heterocycles. The second kappa shape index (κ2) is 12.8. The first-order valence-corrected chi connectivity index (χ1v) is 12.9. The molecular weight excluding hydrogens is 490 g/mol. The largest absolute Gasteiger partial charge is 0.442 e. The van der Waals surface area contributed by atoms with Crippen molar-refractivity contribution in [1.82, 2.24) is 15.3 Å². The highest BCUT2D eigenvalue weighted by molar-refractivity contribution is 6.01. The van der Waals surface area contributed by atoms with E-state index in [1.165, 1.54) is 19.0 Å². The van der Waals surface area contributed by atoms with Gasteiger partial charge >= 0.3 is 12.2 Å². The van der Waals surface area contributed by atoms with Crippen LogP contribution in [0.4, 0.5) is 15.3 Å². The third-order valence-electron chi connectivity index (χ3n) is 5.46. The Bertz CT molecular complexity index is 997. The van der Waals surface area contributed by atoms with Gasteiger partial charge in [-0.3, -0.25) is 4.79 Å². The van der Waals surface area contributed by atoms with Crippen LogP contribution in [0.25, 0.3) is 0 Å². The molecule has 1 N–H and O–H groups in total. The van der Waals surface area contributed by atoms with E-state index in [-0.39, 0.29) is 18.6 Å². The van der Waals surface area contributed by atoms with E-state index in [0.29, 0.717) is 26.1 Å². The minimum absolute atomic E-state index is 0.103. The number of nitrogens with zero attached hydrogens (tertiary/aromatic N) is 4. The molecule has 0 aromatic heterocycles. The Labute approximate surface area is 226 Å². The van der Waals surface area contributed by atoms with Gasteiger partial charge in [0.25, 0.3) is 0 Å². The molecule has 3 amide bonds. The van der Waals surface area contributed by atoms with Gasteiger partial charge in [0.05, 0.1) is 18.8 Å². The van der Waals surface area contributed by atoms with Gasteiger partial charge in [0, 0.05) is 39.2 Å². The number of hydrazine groups is 1. The van der Waals surface area contributed by atoms with E-state index in [2.05, 4.69) is 15.4 Å². The summed E-state index contributed by atoms with van der Waals surface area (Å²) >= 11 is 0. The summed E-state index contributed by atoms with van der Waals surface area (Å²) in [4.78, 5) is 44.4. The summed E-state index contributed by atoms with van der Waals surface area (Å²) in [6, 6.07) is 7.91. The van der Waals surface area contributed by atoms with Crippen molar-refractivity contribution in [3.63, 3.8) is 0 Å². The van der Waals surface area contributed by atoms with Crippen LogP contribution in [-0.2, 0) is 19.1 Å². The first kappa shape index (κ1) is 30.7. The fourth-order valence-electron chi connectivity index (χ4n) is 3.62. The Hall–Kier alpha value is -3.50. The number of likely N-dealkylation sites (N-methyl/N-ethyl adjacent to an activating group) is 1. The summed E-state index contributed by atoms with van der Waals surface area (Å²) in [6.45, 7) is 15.9. The minimum atomic E-state index is -0.724. The lowest BCUT2D eigenvalue weighted by atomic mass is 10.0. The molecule has 1 heterocycles. The van der Waals surface area contributed by atoms with Crippen LogP contribution in [-0.4, -0.2) is 84.4 Å². The number of anilines is 1. The monoisotopic (exact) mass is 533 g/mol. The van der Waals surface area contributed by atoms with Crippen molar-refractivity contribution in [3.8, 4) is 0 Å². The summed E-state index contributed by atoms with van der Waals surface area (Å²) in [5.41, 5.74) is 1.29. The average molecular weight is 534 g/mol. The van der Waals surface area contributed by atoms with Crippen molar-refractivity contribution < 1.29 is 28.7 Å². The number of rotatable bonds is 8. The number of oxime groups is 1. The Morgan fingerprint density at radius 1 is 1.00 bits per heavy atom. The van der Waals surface area contributed by atoms with Crippen molar-refractivity contribution in [2.75, 3.05) is 38.1 Å². The van der Waals surface area contributed by atoms with Gasteiger partial charge in [-0.1, -0.05) is 17.3 Å². The Kier molecular flexibility index (Phi) is 10.4. The lowest BCUT2D eigenvalue weighted by molar-refractivity contribution is -0.119. The van der Waals surface area contributed by atoms with Crippen molar-refractivity contribution in [3.05, 3.63) is 29.8 Å². The number of carbonyl (C=O) groups is 3. The maximum Gasteiger partial charge on any atom is 0.429 e. The molecule has 38 heavy (non-hydrogen) atoms. The van der Waals surface area contributed by atoms with Gasteiger partial charge in [-0.2, -0.15) is 0 Å². The molecule has 0 bridgehead atoms. The first-order valence-electron chi connectivity index (χ1n) is 12.9. The van der Waals surface area contributed by atoms with Crippen LogP contribution in [0.15, 0.2) is 29.4 Å². The maximum absolute atomic E-state index is 13.0. The first-order chi connectivity index (χ1) is 17.6. The zero-order valence-corrected chi connectivity index (χ0v) is 24.2. The standard InChI is InChI=1S/C27H43N5O6/c1-10-31(21-13-11-20(12-14-21)23-17-22(38-29-23)18-28-19(2)33)15-16-32(25(35)37-27(6,7)8)30(9)24(34)36-26(3,4)5/h11-14,22H,10,15-18H2,1-9H3,(H,28,33). The molecule has 1 atom stereocenters. The van der Waals surface area contributed by atoms with Crippen LogP contribution in [0.5, 0.6) is 0 Å². The highest BCUT2D eigenvalue weighted by Gasteiger charge is 2.31. The van der Waals surface area contributed by atoms with E-state index in [9.17, 15) is 14.4 Å². The molecule has 1 unspecified atom stereocenters. The molecule has 2 rings (SSSR count). The summed E-state index contributed by atoms with van der Waals surface area (Å²) in [5, 5.41) is 9.34. The van der Waals surface area contributed by atoms with Gasteiger partial charge in [0.1, 0.15) is 17.3 Å². The molecule has 11 nitrogen and oxygen atoms in total. The molecule has 1 aromatic carbocycles. The van der Waals surface area contributed by atoms with Crippen LogP contribution >= 0.6 is 0 Å². The van der Waals surface area contributed by atoms with Crippen molar-refractivity contribution >= 4 is 29.5 Å². The molecule has 11 heteroatoms. The second-order valence-corrected chi connectivity index (χ2v) is 11.1. The normalized spacial score (nSPS) is 15.2. The molecule has 0 saturated carbocycles. The van der Waals surface area contributed by atoms with E-state index >= 15 is 0 Å². The number of carbonyl (C=O) groups excluding carboxylic acids is 3. The zero-order valence-electron chi connectivity index (χ0n) is 24.2. The van der Waals surface area contributed by atoms with Crippen molar-refractivity contribution in [1.29, 1.82) is 0 Å².